The maximum atomic E-state index is 11.6. The van der Waals surface area contributed by atoms with Crippen molar-refractivity contribution in [2.75, 3.05) is 0 Å². The van der Waals surface area contributed by atoms with E-state index in [9.17, 15) is 4.79 Å². The Labute approximate surface area is 91.8 Å². The average molecular weight is 223 g/mol. The molecular formula is C10H13N3OS. The summed E-state index contributed by atoms with van der Waals surface area (Å²) in [4.78, 5) is 16.0. The van der Waals surface area contributed by atoms with Crippen LogP contribution in [0.15, 0.2) is 22.6 Å². The van der Waals surface area contributed by atoms with Crippen LogP contribution in [0.5, 0.6) is 0 Å². The first-order valence-electron chi connectivity index (χ1n) is 4.85. The third-order valence-corrected chi connectivity index (χ3v) is 3.29. The second-order valence-electron chi connectivity index (χ2n) is 3.41. The summed E-state index contributed by atoms with van der Waals surface area (Å²) in [5.41, 5.74) is 0.964. The molecule has 0 aliphatic heterocycles. The summed E-state index contributed by atoms with van der Waals surface area (Å²) in [6.45, 7) is 2.65. The van der Waals surface area contributed by atoms with E-state index in [-0.39, 0.29) is 5.69 Å². The van der Waals surface area contributed by atoms with Crippen molar-refractivity contribution in [3.05, 3.63) is 39.0 Å². The van der Waals surface area contributed by atoms with E-state index in [4.69, 9.17) is 0 Å². The van der Waals surface area contributed by atoms with E-state index in [1.165, 1.54) is 0 Å². The molecule has 2 heterocycles. The van der Waals surface area contributed by atoms with Gasteiger partial charge in [-0.1, -0.05) is 6.92 Å². The standard InChI is InChI=1S/C10H13N3OS/c1-3-9-11-8(7-15-9)6-13-5-4-12(2)10(13)14/h4-5,7H,3,6H2,1-2H3. The van der Waals surface area contributed by atoms with E-state index in [2.05, 4.69) is 11.9 Å². The van der Waals surface area contributed by atoms with Crippen LogP contribution >= 0.6 is 11.3 Å². The van der Waals surface area contributed by atoms with Crippen molar-refractivity contribution in [2.45, 2.75) is 19.9 Å². The lowest BCUT2D eigenvalue weighted by Gasteiger charge is -1.96. The third-order valence-electron chi connectivity index (χ3n) is 2.25. The Bertz CT molecular complexity index is 509. The highest BCUT2D eigenvalue weighted by molar-refractivity contribution is 7.09. The molecule has 0 aliphatic carbocycles. The van der Waals surface area contributed by atoms with Gasteiger partial charge in [0.25, 0.3) is 0 Å². The van der Waals surface area contributed by atoms with Gasteiger partial charge < -0.3 is 4.57 Å². The minimum Gasteiger partial charge on any atom is -0.302 e. The Kier molecular flexibility index (Phi) is 2.73. The van der Waals surface area contributed by atoms with Gasteiger partial charge >= 0.3 is 5.69 Å². The molecular weight excluding hydrogens is 210 g/mol. The van der Waals surface area contributed by atoms with Gasteiger partial charge in [-0.25, -0.2) is 9.78 Å². The number of rotatable bonds is 3. The molecule has 0 fully saturated rings. The summed E-state index contributed by atoms with van der Waals surface area (Å²) in [5, 5.41) is 3.13. The molecule has 0 saturated carbocycles. The van der Waals surface area contributed by atoms with Crippen LogP contribution in [0.4, 0.5) is 0 Å². The van der Waals surface area contributed by atoms with E-state index < -0.39 is 0 Å². The fraction of sp³-hybridized carbons (Fsp3) is 0.400. The summed E-state index contributed by atoms with van der Waals surface area (Å²) >= 11 is 1.65. The summed E-state index contributed by atoms with van der Waals surface area (Å²) < 4.78 is 3.22. The fourth-order valence-corrected chi connectivity index (χ4v) is 2.13. The highest BCUT2D eigenvalue weighted by atomic mass is 32.1. The lowest BCUT2D eigenvalue weighted by atomic mass is 10.4. The van der Waals surface area contributed by atoms with Crippen LogP contribution in [-0.4, -0.2) is 14.1 Å². The first-order valence-corrected chi connectivity index (χ1v) is 5.73. The van der Waals surface area contributed by atoms with Gasteiger partial charge in [-0.05, 0) is 6.42 Å². The Balaban J connectivity index is 2.22. The van der Waals surface area contributed by atoms with Gasteiger partial charge in [0.15, 0.2) is 0 Å². The van der Waals surface area contributed by atoms with Gasteiger partial charge in [0.2, 0.25) is 0 Å². The predicted molar refractivity (Wildman–Crippen MR) is 60.3 cm³/mol. The number of hydrogen-bond donors (Lipinski definition) is 0. The van der Waals surface area contributed by atoms with E-state index in [0.29, 0.717) is 6.54 Å². The van der Waals surface area contributed by atoms with Gasteiger partial charge in [-0.3, -0.25) is 4.57 Å². The largest absolute Gasteiger partial charge is 0.328 e. The fourth-order valence-electron chi connectivity index (χ4n) is 1.39. The van der Waals surface area contributed by atoms with Gasteiger partial charge in [-0.2, -0.15) is 0 Å². The van der Waals surface area contributed by atoms with Crippen LogP contribution in [0.3, 0.4) is 0 Å². The lowest BCUT2D eigenvalue weighted by molar-refractivity contribution is 0.706. The van der Waals surface area contributed by atoms with Crippen molar-refractivity contribution in [1.82, 2.24) is 14.1 Å². The Hall–Kier alpha value is -1.36. The van der Waals surface area contributed by atoms with Gasteiger partial charge in [-0.15, -0.1) is 11.3 Å². The Morgan fingerprint density at radius 3 is 2.80 bits per heavy atom. The first kappa shape index (κ1) is 10.2. The topological polar surface area (TPSA) is 39.8 Å². The molecule has 4 nitrogen and oxygen atoms in total. The molecule has 0 amide bonds. The summed E-state index contributed by atoms with van der Waals surface area (Å²) in [5.74, 6) is 0. The van der Waals surface area contributed by atoms with Crippen LogP contribution in [0.25, 0.3) is 0 Å². The molecule has 2 aromatic heterocycles. The molecule has 0 saturated heterocycles. The summed E-state index contributed by atoms with van der Waals surface area (Å²) in [6.07, 6.45) is 4.50. The Morgan fingerprint density at radius 2 is 2.27 bits per heavy atom. The second kappa shape index (κ2) is 4.02. The molecule has 0 aromatic carbocycles. The first-order chi connectivity index (χ1) is 7.20. The lowest BCUT2D eigenvalue weighted by Crippen LogP contribution is -2.22. The number of hydrogen-bond acceptors (Lipinski definition) is 3. The normalized spacial score (nSPS) is 10.8. The molecule has 2 aromatic rings. The molecule has 80 valence electrons. The van der Waals surface area contributed by atoms with Gasteiger partial charge in [0.1, 0.15) is 0 Å². The maximum Gasteiger partial charge on any atom is 0.328 e. The summed E-state index contributed by atoms with van der Waals surface area (Å²) in [7, 11) is 1.75. The van der Waals surface area contributed by atoms with E-state index in [1.807, 2.05) is 5.38 Å². The van der Waals surface area contributed by atoms with Gasteiger partial charge in [0, 0.05) is 24.8 Å². The molecule has 0 N–H and O–H groups in total. The van der Waals surface area contributed by atoms with Crippen molar-refractivity contribution in [3.63, 3.8) is 0 Å². The quantitative estimate of drug-likeness (QED) is 0.785. The van der Waals surface area contributed by atoms with E-state index in [0.717, 1.165) is 17.1 Å². The Morgan fingerprint density at radius 1 is 1.47 bits per heavy atom. The van der Waals surface area contributed by atoms with Crippen molar-refractivity contribution in [1.29, 1.82) is 0 Å². The van der Waals surface area contributed by atoms with E-state index >= 15 is 0 Å². The van der Waals surface area contributed by atoms with Crippen LogP contribution in [0.2, 0.25) is 0 Å². The molecule has 15 heavy (non-hydrogen) atoms. The number of nitrogens with zero attached hydrogens (tertiary/aromatic N) is 3. The zero-order valence-corrected chi connectivity index (χ0v) is 9.62. The number of aromatic nitrogens is 3. The number of aryl methyl sites for hydroxylation is 2. The molecule has 0 spiro atoms. The SMILES string of the molecule is CCc1nc(Cn2ccn(C)c2=O)cs1. The minimum atomic E-state index is 0.000971. The molecule has 0 atom stereocenters. The zero-order chi connectivity index (χ0) is 10.8. The highest BCUT2D eigenvalue weighted by Crippen LogP contribution is 2.10. The van der Waals surface area contributed by atoms with Crippen molar-refractivity contribution >= 4 is 11.3 Å². The van der Waals surface area contributed by atoms with Crippen LogP contribution in [0.1, 0.15) is 17.6 Å². The smallest absolute Gasteiger partial charge is 0.302 e. The van der Waals surface area contributed by atoms with Crippen molar-refractivity contribution in [3.8, 4) is 0 Å². The van der Waals surface area contributed by atoms with Crippen LogP contribution < -0.4 is 5.69 Å². The van der Waals surface area contributed by atoms with Gasteiger partial charge in [0.05, 0.1) is 17.2 Å². The zero-order valence-electron chi connectivity index (χ0n) is 8.80. The van der Waals surface area contributed by atoms with Crippen molar-refractivity contribution in [2.24, 2.45) is 7.05 Å². The predicted octanol–water partition coefficient (Wildman–Crippen LogP) is 1.25. The second-order valence-corrected chi connectivity index (χ2v) is 4.35. The molecule has 5 heteroatoms. The van der Waals surface area contributed by atoms with Crippen molar-refractivity contribution < 1.29 is 0 Å². The molecule has 0 bridgehead atoms. The van der Waals surface area contributed by atoms with Crippen LogP contribution in [-0.2, 0) is 20.0 Å². The monoisotopic (exact) mass is 223 g/mol. The third kappa shape index (κ3) is 2.02. The van der Waals surface area contributed by atoms with Crippen LogP contribution in [0, 0.1) is 0 Å². The number of imidazole rings is 1. The average Bonchev–Trinajstić information content (AvgIpc) is 2.80. The number of thiazole rings is 1. The minimum absolute atomic E-state index is 0.000971. The highest BCUT2D eigenvalue weighted by Gasteiger charge is 2.04. The summed E-state index contributed by atoms with van der Waals surface area (Å²) in [6, 6.07) is 0. The molecule has 0 radical (unpaired) electrons. The van der Waals surface area contributed by atoms with E-state index in [1.54, 1.807) is 39.9 Å². The maximum absolute atomic E-state index is 11.6. The molecule has 0 unspecified atom stereocenters. The molecule has 0 aliphatic rings. The molecule has 2 rings (SSSR count).